The van der Waals surface area contributed by atoms with E-state index in [1.807, 2.05) is 49.3 Å². The lowest BCUT2D eigenvalue weighted by Crippen LogP contribution is -2.36. The van der Waals surface area contributed by atoms with E-state index >= 15 is 0 Å². The molecular weight excluding hydrogens is 322 g/mol. The van der Waals surface area contributed by atoms with Crippen molar-refractivity contribution in [3.8, 4) is 10.8 Å². The zero-order valence-electron chi connectivity index (χ0n) is 13.7. The Balaban J connectivity index is 1.76. The average molecular weight is 339 g/mol. The van der Waals surface area contributed by atoms with Crippen LogP contribution in [-0.2, 0) is 4.79 Å². The predicted octanol–water partition coefficient (Wildman–Crippen LogP) is 3.86. The predicted molar refractivity (Wildman–Crippen MR) is 95.4 cm³/mol. The number of oxazole rings is 1. The van der Waals surface area contributed by atoms with E-state index in [1.165, 1.54) is 4.88 Å². The van der Waals surface area contributed by atoms with Crippen molar-refractivity contribution in [2.24, 2.45) is 5.10 Å². The van der Waals surface area contributed by atoms with E-state index in [2.05, 4.69) is 17.0 Å². The lowest BCUT2D eigenvalue weighted by atomic mass is 10.00. The molecule has 1 aliphatic rings. The summed E-state index contributed by atoms with van der Waals surface area (Å²) < 4.78 is 5.90. The lowest BCUT2D eigenvalue weighted by Gasteiger charge is -2.27. The Morgan fingerprint density at radius 2 is 2.12 bits per heavy atom. The molecule has 4 rings (SSSR count). The van der Waals surface area contributed by atoms with Crippen molar-refractivity contribution >= 4 is 33.9 Å². The minimum Gasteiger partial charge on any atom is -0.435 e. The summed E-state index contributed by atoms with van der Waals surface area (Å²) in [4.78, 5) is 19.1. The first kappa shape index (κ1) is 15.1. The summed E-state index contributed by atoms with van der Waals surface area (Å²) in [6.45, 7) is 4.05. The Morgan fingerprint density at radius 3 is 2.88 bits per heavy atom. The lowest BCUT2D eigenvalue weighted by molar-refractivity contribution is -0.114. The fourth-order valence-electron chi connectivity index (χ4n) is 2.75. The van der Waals surface area contributed by atoms with Crippen molar-refractivity contribution in [1.29, 1.82) is 0 Å². The number of hydrazone groups is 1. The Morgan fingerprint density at radius 1 is 1.29 bits per heavy atom. The first-order valence-electron chi connectivity index (χ1n) is 7.83. The van der Waals surface area contributed by atoms with E-state index in [1.54, 1.807) is 11.3 Å². The molecule has 2 aromatic heterocycles. The van der Waals surface area contributed by atoms with Gasteiger partial charge >= 0.3 is 0 Å². The number of carbonyl (C=O) groups excluding carboxylic acids is 1. The molecule has 3 aromatic rings. The van der Waals surface area contributed by atoms with Crippen LogP contribution < -0.4 is 0 Å². The molecule has 6 heteroatoms. The highest BCUT2D eigenvalue weighted by atomic mass is 32.1. The number of aryl methyl sites for hydroxylation is 1. The normalized spacial score (nSPS) is 18.3. The zero-order chi connectivity index (χ0) is 16.8. The van der Waals surface area contributed by atoms with Gasteiger partial charge in [0.05, 0.1) is 10.9 Å². The maximum atomic E-state index is 12.3. The highest BCUT2D eigenvalue weighted by Gasteiger charge is 2.25. The Kier molecular flexibility index (Phi) is 3.49. The molecule has 1 unspecified atom stereocenters. The molecule has 1 atom stereocenters. The van der Waals surface area contributed by atoms with Gasteiger partial charge in [-0.15, -0.1) is 11.3 Å². The van der Waals surface area contributed by atoms with Crippen LogP contribution >= 0.6 is 11.3 Å². The standard InChI is InChI=1S/C18H17N3O2S/c1-10-8-14(22)17(20-21(10)3)12-5-6-13-15(9-12)23-18(19-13)16-7-4-11(2)24-16/h4-7,9-10H,8H2,1-3H3. The van der Waals surface area contributed by atoms with Gasteiger partial charge in [-0.2, -0.15) is 5.10 Å². The van der Waals surface area contributed by atoms with Crippen LogP contribution in [0.3, 0.4) is 0 Å². The second-order valence-electron chi connectivity index (χ2n) is 6.11. The summed E-state index contributed by atoms with van der Waals surface area (Å²) in [5.41, 5.74) is 2.72. The number of rotatable bonds is 2. The molecule has 24 heavy (non-hydrogen) atoms. The fraction of sp³-hybridized carbons (Fsp3) is 0.278. The van der Waals surface area contributed by atoms with Gasteiger partial charge in [0.2, 0.25) is 5.89 Å². The molecule has 0 saturated heterocycles. The van der Waals surface area contributed by atoms with E-state index in [4.69, 9.17) is 4.42 Å². The maximum absolute atomic E-state index is 12.3. The number of nitrogens with zero attached hydrogens (tertiary/aromatic N) is 3. The maximum Gasteiger partial charge on any atom is 0.237 e. The van der Waals surface area contributed by atoms with Crippen LogP contribution in [0.25, 0.3) is 21.9 Å². The summed E-state index contributed by atoms with van der Waals surface area (Å²) in [6.07, 6.45) is 0.476. The molecular formula is C18H17N3O2S. The van der Waals surface area contributed by atoms with Crippen molar-refractivity contribution < 1.29 is 9.21 Å². The summed E-state index contributed by atoms with van der Waals surface area (Å²) in [7, 11) is 1.89. The third-order valence-corrected chi connectivity index (χ3v) is 5.24. The quantitative estimate of drug-likeness (QED) is 0.711. The molecule has 3 heterocycles. The summed E-state index contributed by atoms with van der Waals surface area (Å²) in [5, 5.41) is 6.26. The molecule has 122 valence electrons. The highest BCUT2D eigenvalue weighted by molar-refractivity contribution is 7.15. The van der Waals surface area contributed by atoms with Gasteiger partial charge in [0.1, 0.15) is 11.2 Å². The van der Waals surface area contributed by atoms with Crippen molar-refractivity contribution in [2.45, 2.75) is 26.3 Å². The smallest absolute Gasteiger partial charge is 0.237 e. The number of Topliss-reactive ketones (excluding diaryl/α,β-unsaturated/α-hetero) is 1. The molecule has 5 nitrogen and oxygen atoms in total. The number of carbonyl (C=O) groups is 1. The van der Waals surface area contributed by atoms with Gasteiger partial charge in [-0.05, 0) is 38.1 Å². The topological polar surface area (TPSA) is 58.7 Å². The number of thiophene rings is 1. The van der Waals surface area contributed by atoms with Crippen LogP contribution in [0.4, 0.5) is 0 Å². The number of ketones is 1. The summed E-state index contributed by atoms with van der Waals surface area (Å²) >= 11 is 1.65. The van der Waals surface area contributed by atoms with E-state index in [0.717, 1.165) is 16.0 Å². The molecule has 0 amide bonds. The fourth-order valence-corrected chi connectivity index (χ4v) is 3.55. The number of aromatic nitrogens is 1. The van der Waals surface area contributed by atoms with Crippen LogP contribution in [0.5, 0.6) is 0 Å². The van der Waals surface area contributed by atoms with Crippen molar-refractivity contribution in [3.63, 3.8) is 0 Å². The molecule has 0 spiro atoms. The van der Waals surface area contributed by atoms with Gasteiger partial charge in [0.15, 0.2) is 11.4 Å². The summed E-state index contributed by atoms with van der Waals surface area (Å²) in [5.74, 6) is 0.677. The minimum absolute atomic E-state index is 0.0635. The number of hydrogen-bond acceptors (Lipinski definition) is 6. The van der Waals surface area contributed by atoms with Gasteiger partial charge in [0, 0.05) is 23.9 Å². The van der Waals surface area contributed by atoms with Gasteiger partial charge in [-0.25, -0.2) is 4.98 Å². The van der Waals surface area contributed by atoms with Crippen LogP contribution in [0.1, 0.15) is 23.8 Å². The van der Waals surface area contributed by atoms with Crippen LogP contribution in [0, 0.1) is 6.92 Å². The first-order valence-corrected chi connectivity index (χ1v) is 8.65. The van der Waals surface area contributed by atoms with E-state index < -0.39 is 0 Å². The second-order valence-corrected chi connectivity index (χ2v) is 7.40. The van der Waals surface area contributed by atoms with Crippen LogP contribution in [-0.4, -0.2) is 34.6 Å². The van der Waals surface area contributed by atoms with Gasteiger partial charge in [-0.3, -0.25) is 9.80 Å². The molecule has 0 radical (unpaired) electrons. The SMILES string of the molecule is Cc1ccc(-c2nc3ccc(C4=NN(C)C(C)CC4=O)cc3o2)s1. The summed E-state index contributed by atoms with van der Waals surface area (Å²) in [6, 6.07) is 9.81. The van der Waals surface area contributed by atoms with Crippen molar-refractivity contribution in [1.82, 2.24) is 9.99 Å². The molecule has 1 aromatic carbocycles. The molecule has 0 bridgehead atoms. The number of benzene rings is 1. The highest BCUT2D eigenvalue weighted by Crippen LogP contribution is 2.30. The first-order chi connectivity index (χ1) is 11.5. The van der Waals surface area contributed by atoms with E-state index in [0.29, 0.717) is 23.6 Å². The van der Waals surface area contributed by atoms with Gasteiger partial charge in [-0.1, -0.05) is 6.07 Å². The molecule has 0 N–H and O–H groups in total. The molecule has 0 fully saturated rings. The third-order valence-electron chi connectivity index (χ3n) is 4.25. The molecule has 0 saturated carbocycles. The Bertz CT molecular complexity index is 970. The monoisotopic (exact) mass is 339 g/mol. The van der Waals surface area contributed by atoms with Gasteiger partial charge < -0.3 is 4.42 Å². The zero-order valence-corrected chi connectivity index (χ0v) is 14.6. The minimum atomic E-state index is 0.0635. The second kappa shape index (κ2) is 5.56. The van der Waals surface area contributed by atoms with Crippen LogP contribution in [0.15, 0.2) is 39.9 Å². The van der Waals surface area contributed by atoms with Gasteiger partial charge in [0.25, 0.3) is 0 Å². The Hall–Kier alpha value is -2.47. The van der Waals surface area contributed by atoms with Crippen LogP contribution in [0.2, 0.25) is 0 Å². The number of fused-ring (bicyclic) bond motifs is 1. The van der Waals surface area contributed by atoms with E-state index in [-0.39, 0.29) is 11.8 Å². The molecule has 0 aliphatic carbocycles. The molecule has 1 aliphatic heterocycles. The average Bonchev–Trinajstić information content (AvgIpc) is 3.16. The largest absolute Gasteiger partial charge is 0.435 e. The Labute approximate surface area is 143 Å². The van der Waals surface area contributed by atoms with Crippen molar-refractivity contribution in [3.05, 3.63) is 40.8 Å². The third kappa shape index (κ3) is 2.53. The van der Waals surface area contributed by atoms with E-state index in [9.17, 15) is 4.79 Å². The number of hydrogen-bond donors (Lipinski definition) is 0. The van der Waals surface area contributed by atoms with Crippen molar-refractivity contribution in [2.75, 3.05) is 7.05 Å².